The van der Waals surface area contributed by atoms with Crippen LogP contribution in [0.1, 0.15) is 51.0 Å². The highest BCUT2D eigenvalue weighted by atomic mass is 16.1. The Labute approximate surface area is 116 Å². The number of amides is 1. The lowest BCUT2D eigenvalue weighted by molar-refractivity contribution is 0.0931. The molecule has 1 unspecified atom stereocenters. The molecule has 0 spiro atoms. The molecule has 0 saturated heterocycles. The number of rotatable bonds is 7. The van der Waals surface area contributed by atoms with Crippen LogP contribution in [0.2, 0.25) is 0 Å². The fourth-order valence-electron chi connectivity index (χ4n) is 1.97. The minimum absolute atomic E-state index is 0.102. The second-order valence-electron chi connectivity index (χ2n) is 5.36. The molecule has 0 aromatic carbocycles. The molecule has 0 saturated carbocycles. The van der Waals surface area contributed by atoms with E-state index in [1.54, 1.807) is 12.3 Å². The van der Waals surface area contributed by atoms with Crippen LogP contribution in [-0.2, 0) is 0 Å². The van der Waals surface area contributed by atoms with Crippen LogP contribution in [0.25, 0.3) is 0 Å². The number of aromatic nitrogens is 1. The first kappa shape index (κ1) is 15.5. The molecular weight excluding hydrogens is 238 g/mol. The molecule has 4 heteroatoms. The number of anilines is 1. The van der Waals surface area contributed by atoms with Crippen molar-refractivity contribution in [3.63, 3.8) is 0 Å². The summed E-state index contributed by atoms with van der Waals surface area (Å²) in [5.41, 5.74) is 1.42. The van der Waals surface area contributed by atoms with Crippen LogP contribution in [0, 0.1) is 5.92 Å². The van der Waals surface area contributed by atoms with E-state index in [4.69, 9.17) is 0 Å². The van der Waals surface area contributed by atoms with Crippen LogP contribution < -0.4 is 10.6 Å². The van der Waals surface area contributed by atoms with Gasteiger partial charge in [0.25, 0.3) is 5.91 Å². The maximum atomic E-state index is 12.0. The molecular formula is C15H25N3O. The summed E-state index contributed by atoms with van der Waals surface area (Å²) in [6, 6.07) is 3.83. The normalized spacial score (nSPS) is 12.3. The first-order valence-corrected chi connectivity index (χ1v) is 7.03. The Morgan fingerprint density at radius 1 is 1.32 bits per heavy atom. The quantitative estimate of drug-likeness (QED) is 0.795. The highest BCUT2D eigenvalue weighted by Crippen LogP contribution is 2.08. The van der Waals surface area contributed by atoms with Crippen LogP contribution in [0.4, 0.5) is 5.69 Å². The van der Waals surface area contributed by atoms with Crippen molar-refractivity contribution >= 4 is 11.6 Å². The van der Waals surface area contributed by atoms with E-state index in [2.05, 4.69) is 36.4 Å². The van der Waals surface area contributed by atoms with Crippen molar-refractivity contribution in [2.75, 3.05) is 11.9 Å². The predicted octanol–water partition coefficient (Wildman–Crippen LogP) is 3.07. The van der Waals surface area contributed by atoms with Crippen molar-refractivity contribution in [2.24, 2.45) is 5.92 Å². The van der Waals surface area contributed by atoms with Crippen LogP contribution in [0.5, 0.6) is 0 Å². The summed E-state index contributed by atoms with van der Waals surface area (Å²) < 4.78 is 0. The van der Waals surface area contributed by atoms with Crippen LogP contribution in [0.3, 0.4) is 0 Å². The van der Waals surface area contributed by atoms with Gasteiger partial charge in [0, 0.05) is 12.6 Å². The third kappa shape index (κ3) is 5.73. The summed E-state index contributed by atoms with van der Waals surface area (Å²) in [7, 11) is 0. The highest BCUT2D eigenvalue weighted by molar-refractivity contribution is 5.92. The molecule has 0 aliphatic heterocycles. The zero-order valence-corrected chi connectivity index (χ0v) is 12.4. The summed E-state index contributed by atoms with van der Waals surface area (Å²) in [6.45, 7) is 9.34. The van der Waals surface area contributed by atoms with E-state index in [0.29, 0.717) is 11.6 Å². The van der Waals surface area contributed by atoms with Gasteiger partial charge in [-0.15, -0.1) is 0 Å². The molecule has 0 bridgehead atoms. The molecule has 2 N–H and O–H groups in total. The smallest absolute Gasteiger partial charge is 0.270 e. The van der Waals surface area contributed by atoms with Gasteiger partial charge in [-0.2, -0.15) is 0 Å². The number of pyridine rings is 1. The number of nitrogens with one attached hydrogen (secondary N) is 2. The van der Waals surface area contributed by atoms with Gasteiger partial charge >= 0.3 is 0 Å². The number of nitrogens with zero attached hydrogens (tertiary/aromatic N) is 1. The van der Waals surface area contributed by atoms with Crippen LogP contribution in [0.15, 0.2) is 18.3 Å². The average Bonchev–Trinajstić information content (AvgIpc) is 2.35. The van der Waals surface area contributed by atoms with Crippen molar-refractivity contribution in [3.05, 3.63) is 24.0 Å². The van der Waals surface area contributed by atoms with Crippen LogP contribution >= 0.6 is 0 Å². The first-order valence-electron chi connectivity index (χ1n) is 7.03. The van der Waals surface area contributed by atoms with Gasteiger partial charge < -0.3 is 10.6 Å². The van der Waals surface area contributed by atoms with E-state index >= 15 is 0 Å². The number of carbonyl (C=O) groups is 1. The molecule has 4 nitrogen and oxygen atoms in total. The molecule has 0 radical (unpaired) electrons. The number of hydrogen-bond acceptors (Lipinski definition) is 3. The topological polar surface area (TPSA) is 54.0 Å². The van der Waals surface area contributed by atoms with Gasteiger partial charge in [-0.3, -0.25) is 4.79 Å². The third-order valence-electron chi connectivity index (χ3n) is 2.78. The minimum Gasteiger partial charge on any atom is -0.384 e. The Kier molecular flexibility index (Phi) is 6.33. The van der Waals surface area contributed by atoms with Gasteiger partial charge in [0.05, 0.1) is 11.9 Å². The molecule has 1 aromatic rings. The molecule has 1 rings (SSSR count). The predicted molar refractivity (Wildman–Crippen MR) is 79.4 cm³/mol. The third-order valence-corrected chi connectivity index (χ3v) is 2.78. The fourth-order valence-corrected chi connectivity index (χ4v) is 1.97. The lowest BCUT2D eigenvalue weighted by atomic mass is 10.1. The van der Waals surface area contributed by atoms with E-state index in [0.717, 1.165) is 25.1 Å². The number of carbonyl (C=O) groups excluding carboxylic acids is 1. The maximum Gasteiger partial charge on any atom is 0.270 e. The van der Waals surface area contributed by atoms with Gasteiger partial charge in [-0.05, 0) is 37.8 Å². The SMILES string of the molecule is CCCNc1ccc(C(=O)NC(C)CC(C)C)nc1. The Balaban J connectivity index is 2.53. The molecule has 19 heavy (non-hydrogen) atoms. The number of hydrogen-bond donors (Lipinski definition) is 2. The minimum atomic E-state index is -0.102. The van der Waals surface area contributed by atoms with E-state index < -0.39 is 0 Å². The molecule has 0 aliphatic rings. The van der Waals surface area contributed by atoms with E-state index in [9.17, 15) is 4.79 Å². The van der Waals surface area contributed by atoms with Crippen molar-refractivity contribution in [1.82, 2.24) is 10.3 Å². The maximum absolute atomic E-state index is 12.0. The molecule has 1 aromatic heterocycles. The van der Waals surface area contributed by atoms with Gasteiger partial charge in [0.2, 0.25) is 0 Å². The summed E-state index contributed by atoms with van der Waals surface area (Å²) in [5.74, 6) is 0.471. The molecule has 1 atom stereocenters. The molecule has 106 valence electrons. The van der Waals surface area contributed by atoms with Crippen molar-refractivity contribution in [3.8, 4) is 0 Å². The fraction of sp³-hybridized carbons (Fsp3) is 0.600. The van der Waals surface area contributed by atoms with Crippen molar-refractivity contribution < 1.29 is 4.79 Å². The average molecular weight is 263 g/mol. The zero-order chi connectivity index (χ0) is 14.3. The monoisotopic (exact) mass is 263 g/mol. The van der Waals surface area contributed by atoms with E-state index in [1.165, 1.54) is 0 Å². The molecule has 1 amide bonds. The van der Waals surface area contributed by atoms with Crippen molar-refractivity contribution in [2.45, 2.75) is 46.6 Å². The van der Waals surface area contributed by atoms with Crippen LogP contribution in [-0.4, -0.2) is 23.5 Å². The first-order chi connectivity index (χ1) is 9.02. The summed E-state index contributed by atoms with van der Waals surface area (Å²) in [5, 5.41) is 6.20. The molecule has 1 heterocycles. The molecule has 0 aliphatic carbocycles. The van der Waals surface area contributed by atoms with Gasteiger partial charge in [0.1, 0.15) is 5.69 Å². The van der Waals surface area contributed by atoms with Gasteiger partial charge in [0.15, 0.2) is 0 Å². The summed E-state index contributed by atoms with van der Waals surface area (Å²) >= 11 is 0. The Hall–Kier alpha value is -1.58. The Bertz CT molecular complexity index is 387. The zero-order valence-electron chi connectivity index (χ0n) is 12.4. The van der Waals surface area contributed by atoms with Crippen molar-refractivity contribution in [1.29, 1.82) is 0 Å². The Morgan fingerprint density at radius 3 is 2.58 bits per heavy atom. The lowest BCUT2D eigenvalue weighted by Crippen LogP contribution is -2.33. The van der Waals surface area contributed by atoms with E-state index in [-0.39, 0.29) is 11.9 Å². The van der Waals surface area contributed by atoms with E-state index in [1.807, 2.05) is 13.0 Å². The second kappa shape index (κ2) is 7.77. The standard InChI is InChI=1S/C15H25N3O/c1-5-8-16-13-6-7-14(17-10-13)15(19)18-12(4)9-11(2)3/h6-7,10-12,16H,5,8-9H2,1-4H3,(H,18,19). The van der Waals surface area contributed by atoms with Gasteiger partial charge in [-0.1, -0.05) is 20.8 Å². The Morgan fingerprint density at radius 2 is 2.05 bits per heavy atom. The van der Waals surface area contributed by atoms with Gasteiger partial charge in [-0.25, -0.2) is 4.98 Å². The summed E-state index contributed by atoms with van der Waals surface area (Å²) in [6.07, 6.45) is 3.74. The second-order valence-corrected chi connectivity index (χ2v) is 5.36. The molecule has 0 fully saturated rings. The lowest BCUT2D eigenvalue weighted by Gasteiger charge is -2.15. The largest absolute Gasteiger partial charge is 0.384 e. The highest BCUT2D eigenvalue weighted by Gasteiger charge is 2.11. The summed E-state index contributed by atoms with van der Waals surface area (Å²) in [4.78, 5) is 16.2.